The molecule has 0 aliphatic carbocycles. The molecule has 0 saturated carbocycles. The normalized spacial score (nSPS) is 16.0. The second-order valence-corrected chi connectivity index (χ2v) is 10.3. The van der Waals surface area contributed by atoms with Crippen molar-refractivity contribution in [2.45, 2.75) is 97.2 Å². The van der Waals surface area contributed by atoms with Crippen molar-refractivity contribution in [3.63, 3.8) is 0 Å². The topological polar surface area (TPSA) is 112 Å². The van der Waals surface area contributed by atoms with Crippen molar-refractivity contribution in [3.8, 4) is 5.75 Å². The van der Waals surface area contributed by atoms with E-state index in [4.69, 9.17) is 24.2 Å². The molecule has 1 saturated heterocycles. The number of aromatic nitrogens is 4. The Bertz CT molecular complexity index is 1190. The number of fused-ring (bicyclic) bond motifs is 1. The lowest BCUT2D eigenvalue weighted by molar-refractivity contribution is -0.143. The third-order valence-electron chi connectivity index (χ3n) is 6.95. The number of benzene rings is 1. The molecule has 10 heteroatoms. The minimum Gasteiger partial charge on any atom is -0.494 e. The van der Waals surface area contributed by atoms with Crippen LogP contribution in [0, 0.1) is 0 Å². The van der Waals surface area contributed by atoms with Crippen LogP contribution in [0.4, 0.5) is 17.5 Å². The Morgan fingerprint density at radius 2 is 1.95 bits per heavy atom. The number of anilines is 3. The largest absolute Gasteiger partial charge is 0.494 e. The molecular formula is C30H44N6O4. The average Bonchev–Trinajstić information content (AvgIpc) is 3.38. The fourth-order valence-electron chi connectivity index (χ4n) is 4.88. The highest BCUT2D eigenvalue weighted by molar-refractivity contribution is 5.85. The molecule has 2 unspecified atom stereocenters. The molecule has 0 radical (unpaired) electrons. The van der Waals surface area contributed by atoms with Gasteiger partial charge in [-0.3, -0.25) is 9.36 Å². The highest BCUT2D eigenvalue weighted by Crippen LogP contribution is 2.30. The Hall–Kier alpha value is -3.40. The summed E-state index contributed by atoms with van der Waals surface area (Å²) in [4.78, 5) is 25.7. The van der Waals surface area contributed by atoms with Gasteiger partial charge in [-0.2, -0.15) is 9.97 Å². The number of nitrogens with zero attached hydrogens (tertiary/aromatic N) is 4. The molecule has 1 aliphatic heterocycles. The first-order valence-electron chi connectivity index (χ1n) is 14.9. The van der Waals surface area contributed by atoms with Crippen molar-refractivity contribution in [1.29, 1.82) is 0 Å². The van der Waals surface area contributed by atoms with Crippen LogP contribution in [0.2, 0.25) is 0 Å². The average molecular weight is 553 g/mol. The van der Waals surface area contributed by atoms with Crippen LogP contribution in [-0.2, 0) is 14.3 Å². The van der Waals surface area contributed by atoms with Crippen LogP contribution >= 0.6 is 0 Å². The molecule has 0 spiro atoms. The predicted octanol–water partition coefficient (Wildman–Crippen LogP) is 6.76. The molecule has 1 aliphatic rings. The molecule has 40 heavy (non-hydrogen) atoms. The van der Waals surface area contributed by atoms with Gasteiger partial charge in [-0.05, 0) is 76.6 Å². The van der Waals surface area contributed by atoms with Crippen LogP contribution in [0.25, 0.3) is 11.2 Å². The maximum Gasteiger partial charge on any atom is 0.305 e. The molecule has 10 nitrogen and oxygen atoms in total. The Morgan fingerprint density at radius 1 is 1.12 bits per heavy atom. The molecule has 1 fully saturated rings. The van der Waals surface area contributed by atoms with Gasteiger partial charge < -0.3 is 24.8 Å². The molecule has 2 aromatic heterocycles. The Balaban J connectivity index is 1.36. The number of esters is 1. The van der Waals surface area contributed by atoms with E-state index in [0.29, 0.717) is 25.6 Å². The number of carbonyl (C=O) groups excluding carboxylic acids is 1. The monoisotopic (exact) mass is 552 g/mol. The Labute approximate surface area is 237 Å². The van der Waals surface area contributed by atoms with E-state index in [9.17, 15) is 4.79 Å². The Kier molecular flexibility index (Phi) is 11.4. The lowest BCUT2D eigenvalue weighted by Crippen LogP contribution is -2.19. The standard InChI is InChI=1S/C30H44N6O4/c1-4-12-22(3)32-28-27-29(36(21-31-27)25-13-9-11-20-40-25)35-30(34-28)33-23-15-17-24(18-16-23)39-19-10-7-6-8-14-26(37)38-5-2/h15-18,21-22,25H,4-14,19-20H2,1-3H3,(H2,32,33,34,35). The summed E-state index contributed by atoms with van der Waals surface area (Å²) < 4.78 is 18.9. The van der Waals surface area contributed by atoms with E-state index >= 15 is 0 Å². The number of ether oxygens (including phenoxy) is 3. The third kappa shape index (κ3) is 8.55. The molecular weight excluding hydrogens is 508 g/mol. The summed E-state index contributed by atoms with van der Waals surface area (Å²) >= 11 is 0. The first-order chi connectivity index (χ1) is 19.6. The van der Waals surface area contributed by atoms with Gasteiger partial charge in [-0.25, -0.2) is 4.98 Å². The van der Waals surface area contributed by atoms with Crippen LogP contribution in [0.3, 0.4) is 0 Å². The predicted molar refractivity (Wildman–Crippen MR) is 157 cm³/mol. The fourth-order valence-corrected chi connectivity index (χ4v) is 4.88. The second-order valence-electron chi connectivity index (χ2n) is 10.3. The lowest BCUT2D eigenvalue weighted by Gasteiger charge is -2.24. The van der Waals surface area contributed by atoms with Gasteiger partial charge in [0.15, 0.2) is 17.0 Å². The van der Waals surface area contributed by atoms with E-state index in [-0.39, 0.29) is 18.2 Å². The van der Waals surface area contributed by atoms with Gasteiger partial charge in [0, 0.05) is 24.8 Å². The van der Waals surface area contributed by atoms with Gasteiger partial charge in [0.25, 0.3) is 0 Å². The number of rotatable bonds is 16. The Morgan fingerprint density at radius 3 is 2.70 bits per heavy atom. The van der Waals surface area contributed by atoms with E-state index in [0.717, 1.165) is 92.8 Å². The summed E-state index contributed by atoms with van der Waals surface area (Å²) in [5.41, 5.74) is 2.39. The van der Waals surface area contributed by atoms with Crippen LogP contribution < -0.4 is 15.4 Å². The van der Waals surface area contributed by atoms with Gasteiger partial charge in [0.2, 0.25) is 5.95 Å². The van der Waals surface area contributed by atoms with E-state index in [2.05, 4.69) is 29.5 Å². The van der Waals surface area contributed by atoms with Crippen molar-refractivity contribution in [2.24, 2.45) is 0 Å². The quantitative estimate of drug-likeness (QED) is 0.147. The lowest BCUT2D eigenvalue weighted by atomic mass is 10.1. The number of hydrogen-bond donors (Lipinski definition) is 2. The molecule has 218 valence electrons. The van der Waals surface area contributed by atoms with Gasteiger partial charge in [0.1, 0.15) is 12.0 Å². The fraction of sp³-hybridized carbons (Fsp3) is 0.600. The van der Waals surface area contributed by atoms with E-state index < -0.39 is 0 Å². The number of carbonyl (C=O) groups is 1. The zero-order valence-electron chi connectivity index (χ0n) is 24.2. The molecule has 4 rings (SSSR count). The van der Waals surface area contributed by atoms with E-state index in [1.165, 1.54) is 0 Å². The number of unbranched alkanes of at least 4 members (excludes halogenated alkanes) is 3. The maximum atomic E-state index is 11.4. The smallest absolute Gasteiger partial charge is 0.305 e. The number of imidazole rings is 1. The zero-order valence-corrected chi connectivity index (χ0v) is 24.2. The van der Waals surface area contributed by atoms with Crippen LogP contribution in [-0.4, -0.2) is 51.4 Å². The number of nitrogens with one attached hydrogen (secondary N) is 2. The second kappa shape index (κ2) is 15.4. The summed E-state index contributed by atoms with van der Waals surface area (Å²) in [6.07, 6.45) is 11.4. The highest BCUT2D eigenvalue weighted by atomic mass is 16.5. The van der Waals surface area contributed by atoms with Gasteiger partial charge in [-0.1, -0.05) is 26.2 Å². The van der Waals surface area contributed by atoms with Crippen molar-refractivity contribution >= 4 is 34.6 Å². The molecule has 3 heterocycles. The van der Waals surface area contributed by atoms with E-state index in [1.807, 2.05) is 42.1 Å². The van der Waals surface area contributed by atoms with Gasteiger partial charge >= 0.3 is 5.97 Å². The van der Waals surface area contributed by atoms with Crippen molar-refractivity contribution < 1.29 is 19.0 Å². The maximum absolute atomic E-state index is 11.4. The third-order valence-corrected chi connectivity index (χ3v) is 6.95. The summed E-state index contributed by atoms with van der Waals surface area (Å²) in [7, 11) is 0. The molecule has 1 aromatic carbocycles. The van der Waals surface area contributed by atoms with Crippen LogP contribution in [0.5, 0.6) is 5.75 Å². The first-order valence-corrected chi connectivity index (χ1v) is 14.9. The summed E-state index contributed by atoms with van der Waals surface area (Å²) in [6, 6.07) is 8.10. The first kappa shape index (κ1) is 29.6. The van der Waals surface area contributed by atoms with Crippen LogP contribution in [0.1, 0.15) is 91.2 Å². The molecule has 3 aromatic rings. The van der Waals surface area contributed by atoms with E-state index in [1.54, 1.807) is 0 Å². The van der Waals surface area contributed by atoms with Crippen molar-refractivity contribution in [2.75, 3.05) is 30.5 Å². The summed E-state index contributed by atoms with van der Waals surface area (Å²) in [6.45, 7) is 8.01. The van der Waals surface area contributed by atoms with Gasteiger partial charge in [0.05, 0.1) is 19.5 Å². The molecule has 0 bridgehead atoms. The zero-order chi connectivity index (χ0) is 28.2. The molecule has 0 amide bonds. The highest BCUT2D eigenvalue weighted by Gasteiger charge is 2.22. The number of hydrogen-bond acceptors (Lipinski definition) is 9. The minimum absolute atomic E-state index is 0.0589. The van der Waals surface area contributed by atoms with Gasteiger partial charge in [-0.15, -0.1) is 0 Å². The van der Waals surface area contributed by atoms with Crippen molar-refractivity contribution in [3.05, 3.63) is 30.6 Å². The summed E-state index contributed by atoms with van der Waals surface area (Å²) in [5, 5.41) is 6.90. The SMILES string of the molecule is CCCC(C)Nc1nc(Nc2ccc(OCCCCCCC(=O)OCC)cc2)nc2c1ncn2C1CCCCO1. The minimum atomic E-state index is -0.111. The van der Waals surface area contributed by atoms with Crippen molar-refractivity contribution in [1.82, 2.24) is 19.5 Å². The summed E-state index contributed by atoms with van der Waals surface area (Å²) in [5.74, 6) is 1.94. The molecule has 2 N–H and O–H groups in total. The molecule has 2 atom stereocenters. The van der Waals surface area contributed by atoms with Crippen LogP contribution in [0.15, 0.2) is 30.6 Å².